The minimum atomic E-state index is 0.750. The highest BCUT2D eigenvalue weighted by Gasteiger charge is 2.14. The van der Waals surface area contributed by atoms with Crippen LogP contribution in [0.2, 0.25) is 5.02 Å². The molecule has 0 unspecified atom stereocenters. The number of rotatable bonds is 3. The lowest BCUT2D eigenvalue weighted by molar-refractivity contribution is 1.10. The molecule has 0 aliphatic carbocycles. The summed E-state index contributed by atoms with van der Waals surface area (Å²) in [6.45, 7) is 0. The van der Waals surface area contributed by atoms with E-state index in [1.807, 2.05) is 18.2 Å². The third-order valence-corrected chi connectivity index (χ3v) is 5.51. The molecule has 0 aliphatic rings. The molecule has 22 heavy (non-hydrogen) atoms. The Bertz CT molecular complexity index is 837. The molecular formula is C18H12ClNS2. The van der Waals surface area contributed by atoms with Gasteiger partial charge < -0.3 is 4.57 Å². The summed E-state index contributed by atoms with van der Waals surface area (Å²) >= 11 is 9.71. The molecule has 4 rings (SSSR count). The summed E-state index contributed by atoms with van der Waals surface area (Å²) in [6, 6.07) is 20.8. The molecule has 0 saturated carbocycles. The van der Waals surface area contributed by atoms with E-state index in [2.05, 4.69) is 57.8 Å². The molecule has 0 saturated heterocycles. The van der Waals surface area contributed by atoms with Gasteiger partial charge in [0, 0.05) is 10.7 Å². The van der Waals surface area contributed by atoms with Gasteiger partial charge >= 0.3 is 0 Å². The van der Waals surface area contributed by atoms with Crippen LogP contribution >= 0.6 is 34.3 Å². The summed E-state index contributed by atoms with van der Waals surface area (Å²) in [5.74, 6) is 0. The van der Waals surface area contributed by atoms with Crippen LogP contribution in [0.1, 0.15) is 0 Å². The van der Waals surface area contributed by atoms with Gasteiger partial charge in [-0.15, -0.1) is 22.7 Å². The Morgan fingerprint density at radius 3 is 1.86 bits per heavy atom. The summed E-state index contributed by atoms with van der Waals surface area (Å²) in [5, 5.41) is 4.96. The van der Waals surface area contributed by atoms with E-state index in [9.17, 15) is 0 Å². The fourth-order valence-corrected chi connectivity index (χ4v) is 4.23. The van der Waals surface area contributed by atoms with Crippen molar-refractivity contribution in [3.05, 3.63) is 76.4 Å². The van der Waals surface area contributed by atoms with Gasteiger partial charge in [0.2, 0.25) is 0 Å². The number of hydrogen-bond donors (Lipinski definition) is 0. The van der Waals surface area contributed by atoms with Crippen LogP contribution < -0.4 is 0 Å². The molecular weight excluding hydrogens is 330 g/mol. The van der Waals surface area contributed by atoms with Gasteiger partial charge in [-0.3, -0.25) is 0 Å². The molecule has 0 amide bonds. The first kappa shape index (κ1) is 13.8. The summed E-state index contributed by atoms with van der Waals surface area (Å²) in [5.41, 5.74) is 3.48. The lowest BCUT2D eigenvalue weighted by Gasteiger charge is -2.12. The lowest BCUT2D eigenvalue weighted by Crippen LogP contribution is -1.97. The summed E-state index contributed by atoms with van der Waals surface area (Å²) in [7, 11) is 0. The van der Waals surface area contributed by atoms with Gasteiger partial charge in [0.05, 0.1) is 21.1 Å². The zero-order valence-corrected chi connectivity index (χ0v) is 14.0. The summed E-state index contributed by atoms with van der Waals surface area (Å²) in [6.07, 6.45) is 0. The highest BCUT2D eigenvalue weighted by molar-refractivity contribution is 7.14. The third-order valence-electron chi connectivity index (χ3n) is 3.49. The first-order valence-electron chi connectivity index (χ1n) is 6.88. The Balaban J connectivity index is 1.98. The molecule has 1 nitrogen and oxygen atoms in total. The number of benzene rings is 1. The third kappa shape index (κ3) is 2.41. The summed E-state index contributed by atoms with van der Waals surface area (Å²) < 4.78 is 2.28. The van der Waals surface area contributed by atoms with Gasteiger partial charge in [-0.05, 0) is 53.2 Å². The molecule has 0 N–H and O–H groups in total. The second-order valence-corrected chi connectivity index (χ2v) is 7.21. The van der Waals surface area contributed by atoms with Crippen LogP contribution in [0.4, 0.5) is 0 Å². The van der Waals surface area contributed by atoms with Crippen LogP contribution in [0.5, 0.6) is 0 Å². The Labute approximate surface area is 142 Å². The monoisotopic (exact) mass is 341 g/mol. The van der Waals surface area contributed by atoms with Crippen molar-refractivity contribution >= 4 is 34.3 Å². The van der Waals surface area contributed by atoms with E-state index >= 15 is 0 Å². The van der Waals surface area contributed by atoms with Crippen LogP contribution in [0.25, 0.3) is 26.8 Å². The molecule has 0 spiro atoms. The van der Waals surface area contributed by atoms with Crippen LogP contribution in [-0.4, -0.2) is 4.57 Å². The highest BCUT2D eigenvalue weighted by Crippen LogP contribution is 2.36. The van der Waals surface area contributed by atoms with Crippen molar-refractivity contribution in [1.82, 2.24) is 4.57 Å². The topological polar surface area (TPSA) is 4.93 Å². The molecule has 3 heterocycles. The van der Waals surface area contributed by atoms with E-state index < -0.39 is 0 Å². The smallest absolute Gasteiger partial charge is 0.0635 e. The predicted octanol–water partition coefficient (Wildman–Crippen LogP) is 6.59. The van der Waals surface area contributed by atoms with Crippen LogP contribution in [0, 0.1) is 0 Å². The number of halogens is 1. The lowest BCUT2D eigenvalue weighted by atomic mass is 10.2. The Morgan fingerprint density at radius 2 is 1.36 bits per heavy atom. The van der Waals surface area contributed by atoms with Crippen LogP contribution in [-0.2, 0) is 0 Å². The molecule has 108 valence electrons. The SMILES string of the molecule is Clc1cccc(-n2c(-c3cccs3)ccc2-c2cccs2)c1. The number of nitrogens with zero attached hydrogens (tertiary/aromatic N) is 1. The number of thiophene rings is 2. The number of hydrogen-bond acceptors (Lipinski definition) is 2. The quantitative estimate of drug-likeness (QED) is 0.396. The van der Waals surface area contributed by atoms with Crippen molar-refractivity contribution in [2.24, 2.45) is 0 Å². The second kappa shape index (κ2) is 5.76. The zero-order chi connectivity index (χ0) is 14.9. The van der Waals surface area contributed by atoms with Crippen LogP contribution in [0.15, 0.2) is 71.4 Å². The normalized spacial score (nSPS) is 11.0. The first-order chi connectivity index (χ1) is 10.8. The van der Waals surface area contributed by atoms with Crippen molar-refractivity contribution in [2.75, 3.05) is 0 Å². The number of aromatic nitrogens is 1. The van der Waals surface area contributed by atoms with E-state index in [4.69, 9.17) is 11.6 Å². The van der Waals surface area contributed by atoms with Crippen molar-refractivity contribution in [2.45, 2.75) is 0 Å². The van der Waals surface area contributed by atoms with Crippen molar-refractivity contribution in [3.8, 4) is 26.8 Å². The Hall–Kier alpha value is -1.81. The fraction of sp³-hybridized carbons (Fsp3) is 0. The van der Waals surface area contributed by atoms with E-state index in [1.165, 1.54) is 21.1 Å². The highest BCUT2D eigenvalue weighted by atomic mass is 35.5. The first-order valence-corrected chi connectivity index (χ1v) is 9.02. The fourth-order valence-electron chi connectivity index (χ4n) is 2.56. The van der Waals surface area contributed by atoms with Crippen molar-refractivity contribution in [3.63, 3.8) is 0 Å². The van der Waals surface area contributed by atoms with Gasteiger partial charge in [-0.2, -0.15) is 0 Å². The average molecular weight is 342 g/mol. The molecule has 0 bridgehead atoms. The predicted molar refractivity (Wildman–Crippen MR) is 97.4 cm³/mol. The molecule has 0 atom stereocenters. The van der Waals surface area contributed by atoms with Gasteiger partial charge in [0.25, 0.3) is 0 Å². The average Bonchev–Trinajstić information content (AvgIpc) is 3.27. The van der Waals surface area contributed by atoms with Crippen molar-refractivity contribution < 1.29 is 0 Å². The standard InChI is InChI=1S/C18H12ClNS2/c19-13-4-1-5-14(12-13)20-15(17-6-2-10-21-17)8-9-16(20)18-7-3-11-22-18/h1-12H. The van der Waals surface area contributed by atoms with Gasteiger partial charge in [-0.1, -0.05) is 29.8 Å². The van der Waals surface area contributed by atoms with Crippen LogP contribution in [0.3, 0.4) is 0 Å². The minimum Gasteiger partial charge on any atom is -0.308 e. The summed E-state index contributed by atoms with van der Waals surface area (Å²) in [4.78, 5) is 2.51. The van der Waals surface area contributed by atoms with Gasteiger partial charge in [-0.25, -0.2) is 0 Å². The molecule has 4 aromatic rings. The second-order valence-electron chi connectivity index (χ2n) is 4.87. The maximum Gasteiger partial charge on any atom is 0.0635 e. The van der Waals surface area contributed by atoms with E-state index in [0.29, 0.717) is 0 Å². The van der Waals surface area contributed by atoms with Gasteiger partial charge in [0.1, 0.15) is 0 Å². The molecule has 1 aromatic carbocycles. The maximum absolute atomic E-state index is 6.21. The molecule has 4 heteroatoms. The zero-order valence-electron chi connectivity index (χ0n) is 11.6. The Morgan fingerprint density at radius 1 is 0.727 bits per heavy atom. The molecule has 3 aromatic heterocycles. The van der Waals surface area contributed by atoms with E-state index in [1.54, 1.807) is 22.7 Å². The van der Waals surface area contributed by atoms with E-state index in [0.717, 1.165) is 10.7 Å². The molecule has 0 aliphatic heterocycles. The molecule has 0 radical (unpaired) electrons. The maximum atomic E-state index is 6.21. The van der Waals surface area contributed by atoms with Crippen molar-refractivity contribution in [1.29, 1.82) is 0 Å². The molecule has 0 fully saturated rings. The van der Waals surface area contributed by atoms with E-state index in [-0.39, 0.29) is 0 Å². The van der Waals surface area contributed by atoms with Gasteiger partial charge in [0.15, 0.2) is 0 Å². The Kier molecular flexibility index (Phi) is 3.62. The largest absolute Gasteiger partial charge is 0.308 e. The minimum absolute atomic E-state index is 0.750.